The predicted octanol–water partition coefficient (Wildman–Crippen LogP) is 1.03. The maximum atomic E-state index is 5.57. The van der Waals surface area contributed by atoms with Gasteiger partial charge in [0.15, 0.2) is 0 Å². The van der Waals surface area contributed by atoms with E-state index in [9.17, 15) is 0 Å². The van der Waals surface area contributed by atoms with Crippen LogP contribution in [0.1, 0.15) is 6.92 Å². The fourth-order valence-corrected chi connectivity index (χ4v) is 1.38. The van der Waals surface area contributed by atoms with Gasteiger partial charge in [-0.3, -0.25) is 0 Å². The molecular formula is C10H18N4. The van der Waals surface area contributed by atoms with Crippen molar-refractivity contribution in [2.24, 2.45) is 0 Å². The number of nitrogens with two attached hydrogens (primary N) is 1. The molecule has 1 unspecified atom stereocenters. The molecule has 0 aliphatic carbocycles. The molecule has 0 fully saturated rings. The van der Waals surface area contributed by atoms with Crippen LogP contribution in [0, 0.1) is 0 Å². The lowest BCUT2D eigenvalue weighted by Crippen LogP contribution is -2.29. The zero-order valence-corrected chi connectivity index (χ0v) is 8.99. The van der Waals surface area contributed by atoms with Gasteiger partial charge in [0.1, 0.15) is 11.6 Å². The summed E-state index contributed by atoms with van der Waals surface area (Å²) in [6.07, 6.45) is 0. The van der Waals surface area contributed by atoms with E-state index in [2.05, 4.69) is 22.1 Å². The van der Waals surface area contributed by atoms with E-state index in [1.54, 1.807) is 6.07 Å². The van der Waals surface area contributed by atoms with Crippen molar-refractivity contribution in [1.29, 1.82) is 0 Å². The third-order valence-corrected chi connectivity index (χ3v) is 1.80. The van der Waals surface area contributed by atoms with Gasteiger partial charge in [-0.1, -0.05) is 6.07 Å². The number of rotatable bonds is 4. The monoisotopic (exact) mass is 194 g/mol. The van der Waals surface area contributed by atoms with Crippen LogP contribution in [-0.4, -0.2) is 36.6 Å². The summed E-state index contributed by atoms with van der Waals surface area (Å²) in [5, 5.41) is 3.28. The van der Waals surface area contributed by atoms with E-state index >= 15 is 0 Å². The van der Waals surface area contributed by atoms with Gasteiger partial charge in [0, 0.05) is 12.6 Å². The molecule has 1 aromatic heterocycles. The molecule has 4 heteroatoms. The van der Waals surface area contributed by atoms with E-state index in [-0.39, 0.29) is 0 Å². The van der Waals surface area contributed by atoms with Crippen LogP contribution in [0.15, 0.2) is 18.2 Å². The first-order valence-electron chi connectivity index (χ1n) is 4.71. The number of hydrogen-bond donors (Lipinski definition) is 2. The van der Waals surface area contributed by atoms with E-state index in [0.29, 0.717) is 11.9 Å². The van der Waals surface area contributed by atoms with Crippen LogP contribution in [0.3, 0.4) is 0 Å². The Kier molecular flexibility index (Phi) is 3.71. The zero-order chi connectivity index (χ0) is 10.6. The third-order valence-electron chi connectivity index (χ3n) is 1.80. The lowest BCUT2D eigenvalue weighted by atomic mass is 10.3. The fraction of sp³-hybridized carbons (Fsp3) is 0.500. The van der Waals surface area contributed by atoms with Crippen LogP contribution in [0.4, 0.5) is 11.6 Å². The second-order valence-corrected chi connectivity index (χ2v) is 3.76. The summed E-state index contributed by atoms with van der Waals surface area (Å²) in [7, 11) is 4.09. The normalized spacial score (nSPS) is 12.9. The highest BCUT2D eigenvalue weighted by Gasteiger charge is 2.03. The molecule has 78 valence electrons. The van der Waals surface area contributed by atoms with Crippen molar-refractivity contribution in [2.75, 3.05) is 31.7 Å². The molecule has 0 saturated carbocycles. The van der Waals surface area contributed by atoms with Crippen molar-refractivity contribution in [2.45, 2.75) is 13.0 Å². The summed E-state index contributed by atoms with van der Waals surface area (Å²) in [6.45, 7) is 3.08. The number of pyridine rings is 1. The lowest BCUT2D eigenvalue weighted by Gasteiger charge is -2.18. The van der Waals surface area contributed by atoms with E-state index in [4.69, 9.17) is 5.73 Å². The van der Waals surface area contributed by atoms with Crippen LogP contribution >= 0.6 is 0 Å². The minimum Gasteiger partial charge on any atom is -0.384 e. The topological polar surface area (TPSA) is 54.2 Å². The summed E-state index contributed by atoms with van der Waals surface area (Å²) in [5.41, 5.74) is 5.57. The summed E-state index contributed by atoms with van der Waals surface area (Å²) in [6, 6.07) is 5.96. The highest BCUT2D eigenvalue weighted by Crippen LogP contribution is 2.07. The second-order valence-electron chi connectivity index (χ2n) is 3.76. The Morgan fingerprint density at radius 2 is 2.21 bits per heavy atom. The summed E-state index contributed by atoms with van der Waals surface area (Å²) in [5.74, 6) is 1.38. The van der Waals surface area contributed by atoms with Crippen molar-refractivity contribution in [3.63, 3.8) is 0 Å². The number of nitrogens with zero attached hydrogens (tertiary/aromatic N) is 2. The smallest absolute Gasteiger partial charge is 0.128 e. The molecule has 4 nitrogen and oxygen atoms in total. The Labute approximate surface area is 85.1 Å². The molecule has 3 N–H and O–H groups in total. The number of aromatic nitrogens is 1. The Morgan fingerprint density at radius 1 is 1.50 bits per heavy atom. The van der Waals surface area contributed by atoms with Crippen molar-refractivity contribution in [3.8, 4) is 0 Å². The molecule has 1 heterocycles. The Bertz CT molecular complexity index is 285. The molecule has 0 amide bonds. The molecule has 0 saturated heterocycles. The first-order valence-corrected chi connectivity index (χ1v) is 4.71. The average molecular weight is 194 g/mol. The number of hydrogen-bond acceptors (Lipinski definition) is 4. The molecule has 1 rings (SSSR count). The van der Waals surface area contributed by atoms with Gasteiger partial charge in [0.25, 0.3) is 0 Å². The quantitative estimate of drug-likeness (QED) is 0.751. The average Bonchev–Trinajstić information content (AvgIpc) is 2.01. The summed E-state index contributed by atoms with van der Waals surface area (Å²) in [4.78, 5) is 6.30. The van der Waals surface area contributed by atoms with Crippen molar-refractivity contribution < 1.29 is 0 Å². The van der Waals surface area contributed by atoms with Gasteiger partial charge in [0.05, 0.1) is 0 Å². The molecule has 0 spiro atoms. The van der Waals surface area contributed by atoms with E-state index < -0.39 is 0 Å². The Hall–Kier alpha value is -1.29. The van der Waals surface area contributed by atoms with E-state index in [0.717, 1.165) is 12.4 Å². The highest BCUT2D eigenvalue weighted by molar-refractivity contribution is 5.42. The maximum Gasteiger partial charge on any atom is 0.128 e. The zero-order valence-electron chi connectivity index (χ0n) is 8.99. The molecule has 1 aromatic rings. The van der Waals surface area contributed by atoms with Crippen molar-refractivity contribution >= 4 is 11.6 Å². The van der Waals surface area contributed by atoms with Gasteiger partial charge in [-0.2, -0.15) is 0 Å². The third kappa shape index (κ3) is 3.62. The van der Waals surface area contributed by atoms with Gasteiger partial charge in [-0.05, 0) is 33.2 Å². The standard InChI is InChI=1S/C10H18N4/c1-8(7-14(2)3)12-10-6-4-5-9(11)13-10/h4-6,8H,7H2,1-3H3,(H3,11,12,13). The Morgan fingerprint density at radius 3 is 2.79 bits per heavy atom. The second kappa shape index (κ2) is 4.81. The van der Waals surface area contributed by atoms with Crippen molar-refractivity contribution in [3.05, 3.63) is 18.2 Å². The molecule has 0 bridgehead atoms. The highest BCUT2D eigenvalue weighted by atomic mass is 15.1. The first-order chi connectivity index (χ1) is 6.58. The fourth-order valence-electron chi connectivity index (χ4n) is 1.38. The van der Waals surface area contributed by atoms with Crippen molar-refractivity contribution in [1.82, 2.24) is 9.88 Å². The minimum atomic E-state index is 0.360. The molecular weight excluding hydrogens is 176 g/mol. The SMILES string of the molecule is CC(CN(C)C)Nc1cccc(N)n1. The molecule has 0 aliphatic rings. The van der Waals surface area contributed by atoms with Crippen LogP contribution in [0.5, 0.6) is 0 Å². The molecule has 14 heavy (non-hydrogen) atoms. The van der Waals surface area contributed by atoms with Crippen LogP contribution < -0.4 is 11.1 Å². The number of anilines is 2. The van der Waals surface area contributed by atoms with Crippen LogP contribution in [-0.2, 0) is 0 Å². The number of nitrogens with one attached hydrogen (secondary N) is 1. The lowest BCUT2D eigenvalue weighted by molar-refractivity contribution is 0.392. The minimum absolute atomic E-state index is 0.360. The van der Waals surface area contributed by atoms with Crippen LogP contribution in [0.2, 0.25) is 0 Å². The van der Waals surface area contributed by atoms with Crippen LogP contribution in [0.25, 0.3) is 0 Å². The maximum absolute atomic E-state index is 5.57. The largest absolute Gasteiger partial charge is 0.384 e. The van der Waals surface area contributed by atoms with Gasteiger partial charge in [0.2, 0.25) is 0 Å². The van der Waals surface area contributed by atoms with Gasteiger partial charge in [-0.25, -0.2) is 4.98 Å². The number of likely N-dealkylation sites (N-methyl/N-ethyl adjacent to an activating group) is 1. The summed E-state index contributed by atoms with van der Waals surface area (Å²) >= 11 is 0. The van der Waals surface area contributed by atoms with Gasteiger partial charge < -0.3 is 16.0 Å². The molecule has 1 atom stereocenters. The molecule has 0 aliphatic heterocycles. The van der Waals surface area contributed by atoms with E-state index in [1.165, 1.54) is 0 Å². The Balaban J connectivity index is 2.51. The summed E-state index contributed by atoms with van der Waals surface area (Å²) < 4.78 is 0. The van der Waals surface area contributed by atoms with E-state index in [1.807, 2.05) is 26.2 Å². The van der Waals surface area contributed by atoms with Gasteiger partial charge in [-0.15, -0.1) is 0 Å². The van der Waals surface area contributed by atoms with Gasteiger partial charge >= 0.3 is 0 Å². The number of nitrogen functional groups attached to an aromatic ring is 1. The molecule has 0 aromatic carbocycles. The first kappa shape index (κ1) is 10.8. The predicted molar refractivity (Wildman–Crippen MR) is 60.3 cm³/mol. The molecule has 0 radical (unpaired) electrons.